The summed E-state index contributed by atoms with van der Waals surface area (Å²) >= 11 is 0. The van der Waals surface area contributed by atoms with Crippen molar-refractivity contribution >= 4 is 23.3 Å². The molecule has 2 aliphatic heterocycles. The average Bonchev–Trinajstić information content (AvgIpc) is 3.67. The summed E-state index contributed by atoms with van der Waals surface area (Å²) in [5.41, 5.74) is 0.516. The summed E-state index contributed by atoms with van der Waals surface area (Å²) in [6.07, 6.45) is -2.71. The number of rotatable bonds is 8. The Bertz CT molecular complexity index is 1390. The number of hydrazone groups is 1. The maximum absolute atomic E-state index is 13.7. The van der Waals surface area contributed by atoms with Gasteiger partial charge in [-0.25, -0.2) is 14.2 Å². The molecule has 1 N–H and O–H groups in total. The van der Waals surface area contributed by atoms with Gasteiger partial charge in [-0.2, -0.15) is 18.3 Å². The molecule has 3 aromatic rings. The quantitative estimate of drug-likeness (QED) is 0.376. The third-order valence-electron chi connectivity index (χ3n) is 7.08. The molecule has 42 heavy (non-hydrogen) atoms. The molecular weight excluding hydrogens is 558 g/mol. The summed E-state index contributed by atoms with van der Waals surface area (Å²) in [7, 11) is 0. The zero-order chi connectivity index (χ0) is 29.7. The van der Waals surface area contributed by atoms with Crippen LogP contribution in [0.2, 0.25) is 0 Å². The number of carbonyl (C=O) groups is 2. The van der Waals surface area contributed by atoms with Gasteiger partial charge in [0.2, 0.25) is 0 Å². The number of alkyl halides is 3. The Morgan fingerprint density at radius 1 is 1.02 bits per heavy atom. The van der Waals surface area contributed by atoms with Crippen LogP contribution in [0.1, 0.15) is 29.3 Å². The lowest BCUT2D eigenvalue weighted by Gasteiger charge is -2.31. The third-order valence-corrected chi connectivity index (χ3v) is 7.08. The van der Waals surface area contributed by atoms with Crippen LogP contribution in [0.3, 0.4) is 0 Å². The monoisotopic (exact) mass is 587 g/mol. The lowest BCUT2D eigenvalue weighted by molar-refractivity contribution is -0.137. The molecule has 13 heteroatoms. The van der Waals surface area contributed by atoms with Gasteiger partial charge in [0.1, 0.15) is 24.2 Å². The van der Waals surface area contributed by atoms with Crippen molar-refractivity contribution in [2.45, 2.75) is 18.6 Å². The van der Waals surface area contributed by atoms with Gasteiger partial charge in [0.05, 0.1) is 30.8 Å². The summed E-state index contributed by atoms with van der Waals surface area (Å²) in [5, 5.41) is 8.40. The van der Waals surface area contributed by atoms with Crippen molar-refractivity contribution in [2.24, 2.45) is 5.10 Å². The van der Waals surface area contributed by atoms with E-state index in [0.717, 1.165) is 24.3 Å². The van der Waals surface area contributed by atoms with Crippen LogP contribution in [0.15, 0.2) is 76.4 Å². The Hall–Kier alpha value is -4.23. The molecule has 5 rings (SSSR count). The first-order valence-electron chi connectivity index (χ1n) is 13.4. The lowest BCUT2D eigenvalue weighted by atomic mass is 10.0. The van der Waals surface area contributed by atoms with Gasteiger partial charge in [0, 0.05) is 38.3 Å². The van der Waals surface area contributed by atoms with E-state index in [-0.39, 0.29) is 18.8 Å². The van der Waals surface area contributed by atoms with E-state index in [4.69, 9.17) is 9.15 Å². The molecule has 3 amide bonds. The topological polar surface area (TPSA) is 90.6 Å². The molecule has 0 saturated carbocycles. The van der Waals surface area contributed by atoms with Crippen molar-refractivity contribution in [3.05, 3.63) is 89.6 Å². The van der Waals surface area contributed by atoms with Gasteiger partial charge >= 0.3 is 12.2 Å². The molecule has 0 radical (unpaired) electrons. The Kier molecular flexibility index (Phi) is 8.88. The number of anilines is 1. The van der Waals surface area contributed by atoms with E-state index >= 15 is 0 Å². The van der Waals surface area contributed by atoms with Gasteiger partial charge in [-0.15, -0.1) is 0 Å². The second-order valence-corrected chi connectivity index (χ2v) is 9.91. The molecule has 0 aliphatic carbocycles. The fourth-order valence-corrected chi connectivity index (χ4v) is 4.78. The molecule has 222 valence electrons. The fourth-order valence-electron chi connectivity index (χ4n) is 4.78. The van der Waals surface area contributed by atoms with E-state index in [9.17, 15) is 27.2 Å². The number of amides is 3. The van der Waals surface area contributed by atoms with E-state index in [1.165, 1.54) is 28.3 Å². The number of halogens is 4. The van der Waals surface area contributed by atoms with Crippen LogP contribution < -0.4 is 5.32 Å². The highest BCUT2D eigenvalue weighted by Gasteiger charge is 2.36. The van der Waals surface area contributed by atoms with Gasteiger partial charge < -0.3 is 19.4 Å². The Morgan fingerprint density at radius 3 is 2.38 bits per heavy atom. The fraction of sp³-hybridized carbons (Fsp3) is 0.345. The van der Waals surface area contributed by atoms with Crippen LogP contribution in [-0.2, 0) is 15.7 Å². The molecule has 1 aromatic heterocycles. The van der Waals surface area contributed by atoms with Crippen LogP contribution in [0.25, 0.3) is 0 Å². The molecule has 2 aliphatic rings. The third kappa shape index (κ3) is 7.15. The van der Waals surface area contributed by atoms with E-state index in [2.05, 4.69) is 15.3 Å². The van der Waals surface area contributed by atoms with Crippen molar-refractivity contribution in [3.8, 4) is 0 Å². The van der Waals surface area contributed by atoms with Gasteiger partial charge in [-0.05, 0) is 54.1 Å². The van der Waals surface area contributed by atoms with Gasteiger partial charge in [0.15, 0.2) is 0 Å². The largest absolute Gasteiger partial charge is 0.467 e. The highest BCUT2D eigenvalue weighted by atomic mass is 19.4. The summed E-state index contributed by atoms with van der Waals surface area (Å²) in [6.45, 7) is 2.72. The highest BCUT2D eigenvalue weighted by molar-refractivity contribution is 6.03. The number of morpholine rings is 1. The standard InChI is InChI=1S/C29H29F4N5O4/c30-22-7-3-20(4-8-22)24-18-25(26-2-1-15-42-26)38(35-24)27(39)19-37(12-11-36-13-16-41-17-14-36)28(40)34-23-9-5-21(6-10-23)29(31,32)33/h1-10,15,25H,11-14,16-19H2,(H,34,40)/t25-/m1/s1. The summed E-state index contributed by atoms with van der Waals surface area (Å²) in [4.78, 5) is 30.4. The first kappa shape index (κ1) is 29.3. The smallest absolute Gasteiger partial charge is 0.416 e. The van der Waals surface area contributed by atoms with E-state index in [1.807, 2.05) is 0 Å². The maximum atomic E-state index is 13.7. The van der Waals surface area contributed by atoms with E-state index < -0.39 is 35.5 Å². The van der Waals surface area contributed by atoms with Gasteiger partial charge in [-0.3, -0.25) is 9.69 Å². The minimum absolute atomic E-state index is 0.156. The second-order valence-electron chi connectivity index (χ2n) is 9.91. The average molecular weight is 588 g/mol. The predicted molar refractivity (Wildman–Crippen MR) is 145 cm³/mol. The molecule has 1 saturated heterocycles. The van der Waals surface area contributed by atoms with Crippen molar-refractivity contribution in [1.82, 2.24) is 14.8 Å². The minimum atomic E-state index is -4.51. The van der Waals surface area contributed by atoms with Crippen molar-refractivity contribution in [2.75, 3.05) is 51.3 Å². The predicted octanol–water partition coefficient (Wildman–Crippen LogP) is 4.98. The number of nitrogens with one attached hydrogen (secondary N) is 1. The number of furan rings is 1. The van der Waals surface area contributed by atoms with Crippen LogP contribution >= 0.6 is 0 Å². The summed E-state index contributed by atoms with van der Waals surface area (Å²) in [5.74, 6) is -0.390. The Balaban J connectivity index is 1.35. The maximum Gasteiger partial charge on any atom is 0.416 e. The number of ether oxygens (including phenoxy) is 1. The molecule has 3 heterocycles. The number of urea groups is 1. The molecule has 1 fully saturated rings. The van der Waals surface area contributed by atoms with Crippen LogP contribution in [0.5, 0.6) is 0 Å². The highest BCUT2D eigenvalue weighted by Crippen LogP contribution is 2.33. The second kappa shape index (κ2) is 12.7. The summed E-state index contributed by atoms with van der Waals surface area (Å²) in [6, 6.07) is 12.0. The van der Waals surface area contributed by atoms with Crippen LogP contribution in [0.4, 0.5) is 28.0 Å². The Morgan fingerprint density at radius 2 is 1.74 bits per heavy atom. The minimum Gasteiger partial charge on any atom is -0.467 e. The van der Waals surface area contributed by atoms with Crippen molar-refractivity contribution in [1.29, 1.82) is 0 Å². The number of hydrogen-bond donors (Lipinski definition) is 1. The Labute approximate surface area is 239 Å². The normalized spacial score (nSPS) is 17.7. The molecule has 2 aromatic carbocycles. The zero-order valence-corrected chi connectivity index (χ0v) is 22.5. The van der Waals surface area contributed by atoms with Gasteiger partial charge in [-0.1, -0.05) is 12.1 Å². The molecule has 0 unspecified atom stereocenters. The molecule has 1 atom stereocenters. The van der Waals surface area contributed by atoms with Crippen LogP contribution in [-0.4, -0.2) is 78.4 Å². The van der Waals surface area contributed by atoms with Gasteiger partial charge in [0.25, 0.3) is 5.91 Å². The number of carbonyl (C=O) groups excluding carboxylic acids is 2. The lowest BCUT2D eigenvalue weighted by Crippen LogP contribution is -2.47. The molecule has 9 nitrogen and oxygen atoms in total. The molecule has 0 spiro atoms. The number of benzene rings is 2. The van der Waals surface area contributed by atoms with Crippen molar-refractivity contribution in [3.63, 3.8) is 0 Å². The zero-order valence-electron chi connectivity index (χ0n) is 22.5. The number of nitrogens with zero attached hydrogens (tertiary/aromatic N) is 4. The first-order valence-corrected chi connectivity index (χ1v) is 13.4. The van der Waals surface area contributed by atoms with E-state index in [0.29, 0.717) is 56.3 Å². The van der Waals surface area contributed by atoms with Crippen LogP contribution in [0, 0.1) is 5.82 Å². The molecular formula is C29H29F4N5O4. The summed E-state index contributed by atoms with van der Waals surface area (Å²) < 4.78 is 63.4. The molecule has 0 bridgehead atoms. The van der Waals surface area contributed by atoms with E-state index in [1.54, 1.807) is 24.3 Å². The number of hydrogen-bond acceptors (Lipinski definition) is 6. The van der Waals surface area contributed by atoms with Crippen molar-refractivity contribution < 1.29 is 36.3 Å². The SMILES string of the molecule is O=C(Nc1ccc(C(F)(F)F)cc1)N(CCN1CCOCC1)CC(=O)N1N=C(c2ccc(F)cc2)C[C@@H]1c1ccco1. The first-order chi connectivity index (χ1) is 20.2.